The molecule has 0 bridgehead atoms. The summed E-state index contributed by atoms with van der Waals surface area (Å²) in [5, 5.41) is 0. The van der Waals surface area contributed by atoms with Crippen molar-refractivity contribution in [2.75, 3.05) is 0 Å². The van der Waals surface area contributed by atoms with E-state index in [0.717, 1.165) is 0 Å². The summed E-state index contributed by atoms with van der Waals surface area (Å²) in [6.07, 6.45) is -7.75. The molecule has 0 heterocycles. The highest BCUT2D eigenvalue weighted by Gasteiger charge is 2.87. The van der Waals surface area contributed by atoms with Crippen molar-refractivity contribution >= 4 is 6.29 Å². The molecule has 0 aliphatic rings. The molecule has 0 spiro atoms. The van der Waals surface area contributed by atoms with Crippen LogP contribution in [0, 0.1) is 0 Å². The van der Waals surface area contributed by atoms with E-state index in [1.54, 1.807) is 0 Å². The minimum absolute atomic E-state index is 0. The van der Waals surface area contributed by atoms with E-state index in [1.165, 1.54) is 0 Å². The quantitative estimate of drug-likeness (QED) is 0.538. The SMILES string of the molecule is O.O=CC(F)(F)C(F)(F)C(F)(F)C(F)(F)C(F)(F)C(F)F. The van der Waals surface area contributed by atoms with Gasteiger partial charge in [0.05, 0.1) is 0 Å². The molecular weight excluding hydrogens is 344 g/mol. The van der Waals surface area contributed by atoms with Gasteiger partial charge in [-0.15, -0.1) is 0 Å². The summed E-state index contributed by atoms with van der Waals surface area (Å²) in [6.45, 7) is 0. The first-order valence-electron chi connectivity index (χ1n) is 4.14. The van der Waals surface area contributed by atoms with E-state index in [1.807, 2.05) is 0 Å². The van der Waals surface area contributed by atoms with Crippen LogP contribution in [0.4, 0.5) is 52.7 Å². The van der Waals surface area contributed by atoms with Gasteiger partial charge in [-0.05, 0) is 0 Å². The third-order valence-corrected chi connectivity index (χ3v) is 2.05. The molecular formula is C7H4F12O2. The predicted octanol–water partition coefficient (Wildman–Crippen LogP) is 2.80. The first-order valence-corrected chi connectivity index (χ1v) is 4.14. The van der Waals surface area contributed by atoms with Crippen molar-refractivity contribution in [2.45, 2.75) is 36.0 Å². The van der Waals surface area contributed by atoms with Crippen LogP contribution in [0.25, 0.3) is 0 Å². The molecule has 0 saturated heterocycles. The van der Waals surface area contributed by atoms with Gasteiger partial charge >= 0.3 is 36.0 Å². The van der Waals surface area contributed by atoms with Crippen LogP contribution in [0.15, 0.2) is 0 Å². The molecule has 14 heteroatoms. The van der Waals surface area contributed by atoms with E-state index < -0.39 is 42.3 Å². The molecule has 0 atom stereocenters. The Kier molecular flexibility index (Phi) is 5.81. The number of aldehydes is 1. The molecule has 2 N–H and O–H groups in total. The number of halogens is 12. The smallest absolute Gasteiger partial charge is 0.385 e. The van der Waals surface area contributed by atoms with E-state index in [2.05, 4.69) is 0 Å². The van der Waals surface area contributed by atoms with E-state index in [9.17, 15) is 57.5 Å². The van der Waals surface area contributed by atoms with Crippen molar-refractivity contribution in [1.29, 1.82) is 0 Å². The van der Waals surface area contributed by atoms with Crippen molar-refractivity contribution in [3.63, 3.8) is 0 Å². The summed E-state index contributed by atoms with van der Waals surface area (Å²) >= 11 is 0. The molecule has 128 valence electrons. The van der Waals surface area contributed by atoms with Crippen molar-refractivity contribution in [2.24, 2.45) is 0 Å². The molecule has 0 aliphatic heterocycles. The van der Waals surface area contributed by atoms with Crippen molar-refractivity contribution in [1.82, 2.24) is 0 Å². The highest BCUT2D eigenvalue weighted by molar-refractivity contribution is 5.62. The fraction of sp³-hybridized carbons (Fsp3) is 0.857. The summed E-state index contributed by atoms with van der Waals surface area (Å²) in [5.74, 6) is -36.0. The van der Waals surface area contributed by atoms with Gasteiger partial charge in [0.2, 0.25) is 0 Å². The summed E-state index contributed by atoms with van der Waals surface area (Å²) in [6, 6.07) is 0. The topological polar surface area (TPSA) is 48.6 Å². The van der Waals surface area contributed by atoms with Gasteiger partial charge in [-0.3, -0.25) is 4.79 Å². The summed E-state index contributed by atoms with van der Waals surface area (Å²) in [4.78, 5) is 9.49. The Bertz CT molecular complexity index is 376. The molecule has 0 saturated carbocycles. The molecule has 0 aliphatic carbocycles. The minimum Gasteiger partial charge on any atom is -0.412 e. The molecule has 21 heavy (non-hydrogen) atoms. The van der Waals surface area contributed by atoms with Crippen molar-refractivity contribution in [3.05, 3.63) is 0 Å². The van der Waals surface area contributed by atoms with E-state index in [0.29, 0.717) is 0 Å². The molecule has 0 radical (unpaired) electrons. The predicted molar refractivity (Wildman–Crippen MR) is 40.4 cm³/mol. The Hall–Kier alpha value is -1.21. The number of alkyl halides is 12. The summed E-state index contributed by atoms with van der Waals surface area (Å²) < 4.78 is 147. The van der Waals surface area contributed by atoms with Gasteiger partial charge in [0.25, 0.3) is 0 Å². The fourth-order valence-electron chi connectivity index (χ4n) is 0.827. The maximum Gasteiger partial charge on any atom is 0.385 e. The second-order valence-corrected chi connectivity index (χ2v) is 3.39. The lowest BCUT2D eigenvalue weighted by Crippen LogP contribution is -2.68. The zero-order valence-electron chi connectivity index (χ0n) is 9.10. The highest BCUT2D eigenvalue weighted by atomic mass is 19.4. The van der Waals surface area contributed by atoms with Gasteiger partial charge < -0.3 is 5.48 Å². The first kappa shape index (κ1) is 22.1. The monoisotopic (exact) mass is 348 g/mol. The average molecular weight is 348 g/mol. The lowest BCUT2D eigenvalue weighted by Gasteiger charge is -2.37. The average Bonchev–Trinajstić information content (AvgIpc) is 2.27. The second-order valence-electron chi connectivity index (χ2n) is 3.39. The van der Waals surface area contributed by atoms with Crippen LogP contribution < -0.4 is 0 Å². The van der Waals surface area contributed by atoms with Crippen molar-refractivity contribution in [3.8, 4) is 0 Å². The Morgan fingerprint density at radius 1 is 0.667 bits per heavy atom. The van der Waals surface area contributed by atoms with Crippen LogP contribution in [0.2, 0.25) is 0 Å². The Labute approximate surface area is 107 Å². The molecule has 0 amide bonds. The van der Waals surface area contributed by atoms with E-state index in [-0.39, 0.29) is 5.48 Å². The van der Waals surface area contributed by atoms with Crippen molar-refractivity contribution < 1.29 is 63.0 Å². The Morgan fingerprint density at radius 3 is 1.24 bits per heavy atom. The zero-order chi connectivity index (χ0) is 16.8. The van der Waals surface area contributed by atoms with Gasteiger partial charge in [0.15, 0.2) is 6.29 Å². The Balaban J connectivity index is 0. The van der Waals surface area contributed by atoms with E-state index >= 15 is 0 Å². The fourth-order valence-corrected chi connectivity index (χ4v) is 0.827. The van der Waals surface area contributed by atoms with Crippen LogP contribution in [0.3, 0.4) is 0 Å². The third kappa shape index (κ3) is 2.76. The number of carbonyl (C=O) groups excluding carboxylic acids is 1. The standard InChI is InChI=1S/C7H2F12O.H2O/c8-2(9)4(12,13)6(16,17)7(18,19)5(14,15)3(10,11)1-20;/h1-2H;1H2. The number of rotatable bonds is 6. The van der Waals surface area contributed by atoms with Gasteiger partial charge in [0.1, 0.15) is 0 Å². The maximum atomic E-state index is 12.6. The molecule has 0 aromatic carbocycles. The lowest BCUT2D eigenvalue weighted by molar-refractivity contribution is -0.405. The molecule has 0 aromatic heterocycles. The van der Waals surface area contributed by atoms with Crippen LogP contribution in [-0.4, -0.2) is 47.8 Å². The molecule has 0 aromatic rings. The molecule has 0 rings (SSSR count). The Morgan fingerprint density at radius 2 is 1.00 bits per heavy atom. The van der Waals surface area contributed by atoms with Gasteiger partial charge in [-0.1, -0.05) is 0 Å². The summed E-state index contributed by atoms with van der Waals surface area (Å²) in [7, 11) is 0. The van der Waals surface area contributed by atoms with Gasteiger partial charge in [-0.25, -0.2) is 8.78 Å². The second kappa shape index (κ2) is 5.53. The van der Waals surface area contributed by atoms with Crippen LogP contribution >= 0.6 is 0 Å². The highest BCUT2D eigenvalue weighted by Crippen LogP contribution is 2.57. The molecule has 0 unspecified atom stereocenters. The van der Waals surface area contributed by atoms with E-state index in [4.69, 9.17) is 0 Å². The minimum atomic E-state index is -7.63. The largest absolute Gasteiger partial charge is 0.412 e. The first-order chi connectivity index (χ1) is 8.50. The molecule has 2 nitrogen and oxygen atoms in total. The third-order valence-electron chi connectivity index (χ3n) is 2.05. The number of carbonyl (C=O) groups is 1. The van der Waals surface area contributed by atoms with Crippen LogP contribution in [-0.2, 0) is 4.79 Å². The number of hydrogen-bond acceptors (Lipinski definition) is 1. The zero-order valence-corrected chi connectivity index (χ0v) is 9.10. The normalized spacial score (nSPS) is 14.9. The van der Waals surface area contributed by atoms with Crippen LogP contribution in [0.5, 0.6) is 0 Å². The maximum absolute atomic E-state index is 12.6. The summed E-state index contributed by atoms with van der Waals surface area (Å²) in [5.41, 5.74) is 0. The number of hydrogen-bond donors (Lipinski definition) is 0. The molecule has 0 fully saturated rings. The van der Waals surface area contributed by atoms with Crippen LogP contribution in [0.1, 0.15) is 0 Å². The van der Waals surface area contributed by atoms with Gasteiger partial charge in [-0.2, -0.15) is 43.9 Å². The lowest BCUT2D eigenvalue weighted by atomic mass is 9.95. The van der Waals surface area contributed by atoms with Gasteiger partial charge in [0, 0.05) is 0 Å².